The zero-order valence-corrected chi connectivity index (χ0v) is 16.9. The topological polar surface area (TPSA) is 63.2 Å². The molecule has 2 fully saturated rings. The summed E-state index contributed by atoms with van der Waals surface area (Å²) < 4.78 is 5.72. The van der Waals surface area contributed by atoms with Gasteiger partial charge in [-0.05, 0) is 56.0 Å². The predicted molar refractivity (Wildman–Crippen MR) is 111 cm³/mol. The minimum absolute atomic E-state index is 0. The average molecular weight is 431 g/mol. The zero-order chi connectivity index (χ0) is 17.2. The van der Waals surface area contributed by atoms with E-state index >= 15 is 0 Å². The van der Waals surface area contributed by atoms with Crippen molar-refractivity contribution in [2.45, 2.75) is 43.8 Å². The molecule has 2 saturated heterocycles. The molecule has 0 aliphatic carbocycles. The SMILES string of the molecule is Cl.Cl.O=C(NC1CC2CCC(C1)N2)c1ccc(Oc2ccncc2)c(Cl)c1. The van der Waals surface area contributed by atoms with Crippen LogP contribution in [0.1, 0.15) is 36.0 Å². The Morgan fingerprint density at radius 3 is 2.41 bits per heavy atom. The standard InChI is InChI=1S/C19H20ClN3O2.2ClH/c20-17-9-12(1-4-18(17)25-16-5-7-21-8-6-16)19(24)23-15-10-13-2-3-14(11-15)22-13;;/h1,4-9,13-15,22H,2-3,10-11H2,(H,23,24);2*1H. The number of carbonyl (C=O) groups excluding carboxylic acids is 1. The molecule has 8 heteroatoms. The molecule has 27 heavy (non-hydrogen) atoms. The van der Waals surface area contributed by atoms with Gasteiger partial charge < -0.3 is 15.4 Å². The van der Waals surface area contributed by atoms with Crippen LogP contribution in [0.2, 0.25) is 5.02 Å². The highest BCUT2D eigenvalue weighted by atomic mass is 35.5. The molecule has 0 saturated carbocycles. The number of carbonyl (C=O) groups is 1. The monoisotopic (exact) mass is 429 g/mol. The molecule has 2 N–H and O–H groups in total. The fourth-order valence-corrected chi connectivity index (χ4v) is 3.92. The first kappa shape index (κ1) is 21.8. The second kappa shape index (κ2) is 9.60. The number of halogens is 3. The summed E-state index contributed by atoms with van der Waals surface area (Å²) in [7, 11) is 0. The predicted octanol–water partition coefficient (Wildman–Crippen LogP) is 4.38. The fraction of sp³-hybridized carbons (Fsp3) is 0.368. The Morgan fingerprint density at radius 2 is 1.78 bits per heavy atom. The van der Waals surface area contributed by atoms with Crippen molar-refractivity contribution in [2.24, 2.45) is 0 Å². The lowest BCUT2D eigenvalue weighted by Crippen LogP contribution is -2.48. The number of nitrogens with one attached hydrogen (secondary N) is 2. The van der Waals surface area contributed by atoms with Crippen LogP contribution in [0.5, 0.6) is 11.5 Å². The van der Waals surface area contributed by atoms with Gasteiger partial charge in [0.2, 0.25) is 0 Å². The third-order valence-corrected chi connectivity index (χ3v) is 5.18. The van der Waals surface area contributed by atoms with E-state index in [0.717, 1.165) is 12.8 Å². The van der Waals surface area contributed by atoms with E-state index in [0.29, 0.717) is 34.2 Å². The highest BCUT2D eigenvalue weighted by Gasteiger charge is 2.34. The molecule has 2 aliphatic heterocycles. The minimum Gasteiger partial charge on any atom is -0.456 e. The van der Waals surface area contributed by atoms with Gasteiger partial charge in [-0.15, -0.1) is 24.8 Å². The third kappa shape index (κ3) is 5.26. The summed E-state index contributed by atoms with van der Waals surface area (Å²) in [6, 6.07) is 9.95. The zero-order valence-electron chi connectivity index (χ0n) is 14.6. The molecule has 4 rings (SSSR count). The summed E-state index contributed by atoms with van der Waals surface area (Å²) in [4.78, 5) is 16.5. The molecule has 0 radical (unpaired) electrons. The first-order valence-corrected chi connectivity index (χ1v) is 8.99. The number of hydrogen-bond donors (Lipinski definition) is 2. The van der Waals surface area contributed by atoms with Crippen LogP contribution in [0, 0.1) is 0 Å². The molecule has 5 nitrogen and oxygen atoms in total. The van der Waals surface area contributed by atoms with Gasteiger partial charge in [0.05, 0.1) is 5.02 Å². The number of aromatic nitrogens is 1. The lowest BCUT2D eigenvalue weighted by Gasteiger charge is -2.29. The van der Waals surface area contributed by atoms with Crippen molar-refractivity contribution in [1.29, 1.82) is 0 Å². The van der Waals surface area contributed by atoms with Crippen molar-refractivity contribution in [3.8, 4) is 11.5 Å². The molecule has 1 aromatic heterocycles. The van der Waals surface area contributed by atoms with Crippen LogP contribution in [-0.2, 0) is 0 Å². The van der Waals surface area contributed by atoms with Gasteiger partial charge in [0.15, 0.2) is 0 Å². The summed E-state index contributed by atoms with van der Waals surface area (Å²) >= 11 is 6.29. The molecular formula is C19H22Cl3N3O2. The molecule has 146 valence electrons. The lowest BCUT2D eigenvalue weighted by molar-refractivity contribution is 0.0924. The van der Waals surface area contributed by atoms with E-state index in [1.165, 1.54) is 12.8 Å². The average Bonchev–Trinajstić information content (AvgIpc) is 2.96. The minimum atomic E-state index is -0.0799. The Morgan fingerprint density at radius 1 is 1.11 bits per heavy atom. The summed E-state index contributed by atoms with van der Waals surface area (Å²) in [5.74, 6) is 1.09. The van der Waals surface area contributed by atoms with Crippen LogP contribution in [0.25, 0.3) is 0 Å². The number of rotatable bonds is 4. The van der Waals surface area contributed by atoms with E-state index in [-0.39, 0.29) is 36.8 Å². The second-order valence-corrected chi connectivity index (χ2v) is 7.12. The van der Waals surface area contributed by atoms with E-state index in [9.17, 15) is 4.79 Å². The smallest absolute Gasteiger partial charge is 0.251 e. The third-order valence-electron chi connectivity index (χ3n) is 4.88. The van der Waals surface area contributed by atoms with Crippen LogP contribution in [0.4, 0.5) is 0 Å². The Bertz CT molecular complexity index is 764. The number of piperidine rings is 1. The largest absolute Gasteiger partial charge is 0.456 e. The van der Waals surface area contributed by atoms with Gasteiger partial charge in [0.25, 0.3) is 5.91 Å². The van der Waals surface area contributed by atoms with E-state index in [1.54, 1.807) is 42.7 Å². The van der Waals surface area contributed by atoms with E-state index in [2.05, 4.69) is 15.6 Å². The molecule has 2 bridgehead atoms. The first-order valence-electron chi connectivity index (χ1n) is 8.62. The molecule has 1 aromatic carbocycles. The lowest BCUT2D eigenvalue weighted by atomic mass is 9.99. The fourth-order valence-electron chi connectivity index (χ4n) is 3.70. The summed E-state index contributed by atoms with van der Waals surface area (Å²) in [6.07, 6.45) is 7.72. The maximum atomic E-state index is 12.5. The molecule has 2 aromatic rings. The number of fused-ring (bicyclic) bond motifs is 2. The van der Waals surface area contributed by atoms with Gasteiger partial charge >= 0.3 is 0 Å². The number of pyridine rings is 1. The van der Waals surface area contributed by atoms with Crippen molar-refractivity contribution < 1.29 is 9.53 Å². The first-order chi connectivity index (χ1) is 12.2. The van der Waals surface area contributed by atoms with Crippen LogP contribution in [0.15, 0.2) is 42.7 Å². The molecule has 2 aliphatic rings. The maximum Gasteiger partial charge on any atom is 0.251 e. The van der Waals surface area contributed by atoms with Gasteiger partial charge in [-0.25, -0.2) is 0 Å². The van der Waals surface area contributed by atoms with Gasteiger partial charge in [-0.1, -0.05) is 11.6 Å². The molecule has 2 atom stereocenters. The summed E-state index contributed by atoms with van der Waals surface area (Å²) in [5, 5.41) is 7.14. The molecular weight excluding hydrogens is 409 g/mol. The van der Waals surface area contributed by atoms with Crippen molar-refractivity contribution in [3.05, 3.63) is 53.3 Å². The Balaban J connectivity index is 0.00000131. The number of amides is 1. The highest BCUT2D eigenvalue weighted by molar-refractivity contribution is 6.32. The number of hydrogen-bond acceptors (Lipinski definition) is 4. The summed E-state index contributed by atoms with van der Waals surface area (Å²) in [5.41, 5.74) is 0.554. The Kier molecular flexibility index (Phi) is 7.74. The van der Waals surface area contributed by atoms with E-state index in [1.807, 2.05) is 0 Å². The van der Waals surface area contributed by atoms with Crippen LogP contribution < -0.4 is 15.4 Å². The second-order valence-electron chi connectivity index (χ2n) is 6.71. The molecule has 2 unspecified atom stereocenters. The van der Waals surface area contributed by atoms with Crippen molar-refractivity contribution in [2.75, 3.05) is 0 Å². The van der Waals surface area contributed by atoms with Gasteiger partial charge in [0, 0.05) is 36.1 Å². The molecule has 1 amide bonds. The maximum absolute atomic E-state index is 12.5. The van der Waals surface area contributed by atoms with Crippen molar-refractivity contribution in [1.82, 2.24) is 15.6 Å². The number of ether oxygens (including phenoxy) is 1. The normalized spacial score (nSPS) is 22.9. The quantitative estimate of drug-likeness (QED) is 0.755. The molecule has 3 heterocycles. The van der Waals surface area contributed by atoms with Crippen LogP contribution in [0.3, 0.4) is 0 Å². The summed E-state index contributed by atoms with van der Waals surface area (Å²) in [6.45, 7) is 0. The van der Waals surface area contributed by atoms with Crippen LogP contribution >= 0.6 is 36.4 Å². The van der Waals surface area contributed by atoms with E-state index < -0.39 is 0 Å². The van der Waals surface area contributed by atoms with Crippen molar-refractivity contribution in [3.63, 3.8) is 0 Å². The molecule has 0 spiro atoms. The van der Waals surface area contributed by atoms with Gasteiger partial charge in [-0.2, -0.15) is 0 Å². The number of benzene rings is 1. The number of nitrogens with zero attached hydrogens (tertiary/aromatic N) is 1. The van der Waals surface area contributed by atoms with E-state index in [4.69, 9.17) is 16.3 Å². The Hall–Kier alpha value is -1.53. The van der Waals surface area contributed by atoms with Crippen molar-refractivity contribution >= 4 is 42.3 Å². The Labute approximate surface area is 176 Å². The van der Waals surface area contributed by atoms with Gasteiger partial charge in [-0.3, -0.25) is 9.78 Å². The van der Waals surface area contributed by atoms with Crippen LogP contribution in [-0.4, -0.2) is 29.0 Å². The highest BCUT2D eigenvalue weighted by Crippen LogP contribution is 2.30. The van der Waals surface area contributed by atoms with Gasteiger partial charge in [0.1, 0.15) is 11.5 Å².